The van der Waals surface area contributed by atoms with Gasteiger partial charge in [0.25, 0.3) is 0 Å². The SMILES string of the molecule is CC(C)CCC[C@H](C)[C@@H]1CC[C@@H]2[C@@H]3CC[C@@]4(O)C[C@H](O)CC[C@]4(C)[C@@H]3CC[C@@]21C. The number of fused-ring (bicyclic) bond motifs is 5. The van der Waals surface area contributed by atoms with Gasteiger partial charge in [0, 0.05) is 6.42 Å². The van der Waals surface area contributed by atoms with E-state index in [1.807, 2.05) is 0 Å². The summed E-state index contributed by atoms with van der Waals surface area (Å²) < 4.78 is 0. The van der Waals surface area contributed by atoms with Crippen molar-refractivity contribution in [3.63, 3.8) is 0 Å². The molecule has 2 N–H and O–H groups in total. The van der Waals surface area contributed by atoms with Crippen molar-refractivity contribution in [1.29, 1.82) is 0 Å². The molecule has 0 aromatic heterocycles. The lowest BCUT2D eigenvalue weighted by Crippen LogP contribution is -2.62. The lowest BCUT2D eigenvalue weighted by molar-refractivity contribution is -0.220. The molecule has 4 aliphatic rings. The molecule has 168 valence electrons. The van der Waals surface area contributed by atoms with E-state index in [9.17, 15) is 10.2 Å². The van der Waals surface area contributed by atoms with Gasteiger partial charge in [-0.15, -0.1) is 0 Å². The number of rotatable bonds is 5. The fraction of sp³-hybridized carbons (Fsp3) is 1.00. The van der Waals surface area contributed by atoms with Crippen molar-refractivity contribution in [2.75, 3.05) is 0 Å². The van der Waals surface area contributed by atoms with Crippen LogP contribution in [0.2, 0.25) is 0 Å². The molecule has 4 rings (SSSR count). The van der Waals surface area contributed by atoms with Gasteiger partial charge in [0.05, 0.1) is 11.7 Å². The van der Waals surface area contributed by atoms with Crippen molar-refractivity contribution in [1.82, 2.24) is 0 Å². The van der Waals surface area contributed by atoms with Crippen LogP contribution in [-0.4, -0.2) is 21.9 Å². The molecule has 4 fully saturated rings. The first-order valence-electron chi connectivity index (χ1n) is 13.0. The van der Waals surface area contributed by atoms with E-state index in [1.54, 1.807) is 0 Å². The van der Waals surface area contributed by atoms with Gasteiger partial charge in [-0.25, -0.2) is 0 Å². The number of hydrogen-bond donors (Lipinski definition) is 2. The summed E-state index contributed by atoms with van der Waals surface area (Å²) in [5, 5.41) is 21.8. The Morgan fingerprint density at radius 3 is 2.34 bits per heavy atom. The number of aliphatic hydroxyl groups excluding tert-OH is 1. The first-order chi connectivity index (χ1) is 13.6. The molecule has 4 aliphatic carbocycles. The molecule has 9 atom stereocenters. The Hall–Kier alpha value is -0.0800. The highest BCUT2D eigenvalue weighted by Crippen LogP contribution is 2.69. The van der Waals surface area contributed by atoms with Gasteiger partial charge in [-0.05, 0) is 97.7 Å². The molecule has 0 saturated heterocycles. The fourth-order valence-electron chi connectivity index (χ4n) is 9.25. The highest BCUT2D eigenvalue weighted by atomic mass is 16.3. The van der Waals surface area contributed by atoms with E-state index >= 15 is 0 Å². The Morgan fingerprint density at radius 1 is 0.862 bits per heavy atom. The molecule has 0 amide bonds. The summed E-state index contributed by atoms with van der Waals surface area (Å²) in [5.41, 5.74) is -0.0719. The summed E-state index contributed by atoms with van der Waals surface area (Å²) in [4.78, 5) is 0. The maximum Gasteiger partial charge on any atom is 0.0728 e. The predicted octanol–water partition coefficient (Wildman–Crippen LogP) is 6.58. The molecule has 0 bridgehead atoms. The smallest absolute Gasteiger partial charge is 0.0728 e. The van der Waals surface area contributed by atoms with Gasteiger partial charge in [0.2, 0.25) is 0 Å². The third kappa shape index (κ3) is 3.53. The van der Waals surface area contributed by atoms with Crippen molar-refractivity contribution in [2.24, 2.45) is 46.3 Å². The first kappa shape index (κ1) is 22.1. The van der Waals surface area contributed by atoms with Crippen molar-refractivity contribution in [3.8, 4) is 0 Å². The van der Waals surface area contributed by atoms with E-state index in [2.05, 4.69) is 34.6 Å². The van der Waals surface area contributed by atoms with Gasteiger partial charge in [-0.1, -0.05) is 53.9 Å². The second-order valence-corrected chi connectivity index (χ2v) is 12.8. The van der Waals surface area contributed by atoms with E-state index in [-0.39, 0.29) is 11.5 Å². The van der Waals surface area contributed by atoms with Crippen LogP contribution in [0, 0.1) is 46.3 Å². The molecule has 0 aromatic rings. The first-order valence-corrected chi connectivity index (χ1v) is 13.0. The van der Waals surface area contributed by atoms with Crippen molar-refractivity contribution in [2.45, 2.75) is 123 Å². The Morgan fingerprint density at radius 2 is 1.62 bits per heavy atom. The zero-order valence-electron chi connectivity index (χ0n) is 19.9. The lowest BCUT2D eigenvalue weighted by Gasteiger charge is -2.64. The van der Waals surface area contributed by atoms with Crippen molar-refractivity contribution >= 4 is 0 Å². The van der Waals surface area contributed by atoms with Gasteiger partial charge in [-0.3, -0.25) is 0 Å². The molecule has 0 aromatic carbocycles. The molecule has 0 spiro atoms. The summed E-state index contributed by atoms with van der Waals surface area (Å²) in [6, 6.07) is 0. The molecule has 2 heteroatoms. The van der Waals surface area contributed by atoms with Crippen LogP contribution in [0.1, 0.15) is 112 Å². The molecule has 0 aliphatic heterocycles. The third-order valence-electron chi connectivity index (χ3n) is 11.0. The van der Waals surface area contributed by atoms with Crippen LogP contribution >= 0.6 is 0 Å². The summed E-state index contributed by atoms with van der Waals surface area (Å²) in [5.74, 6) is 4.94. The quantitative estimate of drug-likeness (QED) is 0.543. The van der Waals surface area contributed by atoms with Crippen LogP contribution in [0.3, 0.4) is 0 Å². The molecule has 0 unspecified atom stereocenters. The van der Waals surface area contributed by atoms with Crippen LogP contribution in [0.25, 0.3) is 0 Å². The van der Waals surface area contributed by atoms with Crippen molar-refractivity contribution < 1.29 is 10.2 Å². The molecular weight excluding hydrogens is 356 g/mol. The Bertz CT molecular complexity index is 587. The maximum absolute atomic E-state index is 11.6. The van der Waals surface area contributed by atoms with E-state index in [0.29, 0.717) is 17.8 Å². The van der Waals surface area contributed by atoms with Crippen LogP contribution in [0.15, 0.2) is 0 Å². The predicted molar refractivity (Wildman–Crippen MR) is 121 cm³/mol. The Labute approximate surface area is 180 Å². The second-order valence-electron chi connectivity index (χ2n) is 12.8. The minimum absolute atomic E-state index is 0.0252. The van der Waals surface area contributed by atoms with Crippen LogP contribution in [0.4, 0.5) is 0 Å². The molecule has 0 radical (unpaired) electrons. The third-order valence-corrected chi connectivity index (χ3v) is 11.0. The van der Waals surface area contributed by atoms with Gasteiger partial charge in [0.15, 0.2) is 0 Å². The Kier molecular flexibility index (Phi) is 5.95. The highest BCUT2D eigenvalue weighted by Gasteiger charge is 2.64. The van der Waals surface area contributed by atoms with Gasteiger partial charge in [-0.2, -0.15) is 0 Å². The standard InChI is InChI=1S/C27H48O2/c1-18(2)7-6-8-19(3)22-9-10-23-21-12-16-27(29)17-20(28)11-15-26(27,5)24(21)13-14-25(22,23)4/h18-24,28-29H,6-17H2,1-5H3/t19-,20+,21-,22-,23+,24+,25+,26+,27+/m0/s1. The van der Waals surface area contributed by atoms with Crippen LogP contribution in [-0.2, 0) is 0 Å². The van der Waals surface area contributed by atoms with E-state index in [1.165, 1.54) is 51.4 Å². The molecule has 29 heavy (non-hydrogen) atoms. The zero-order valence-corrected chi connectivity index (χ0v) is 19.9. The highest BCUT2D eigenvalue weighted by molar-refractivity contribution is 5.14. The van der Waals surface area contributed by atoms with E-state index < -0.39 is 5.60 Å². The summed E-state index contributed by atoms with van der Waals surface area (Å²) >= 11 is 0. The number of hydrogen-bond acceptors (Lipinski definition) is 2. The zero-order chi connectivity index (χ0) is 21.0. The summed E-state index contributed by atoms with van der Waals surface area (Å²) in [6.45, 7) is 12.3. The summed E-state index contributed by atoms with van der Waals surface area (Å²) in [7, 11) is 0. The van der Waals surface area contributed by atoms with E-state index in [4.69, 9.17) is 0 Å². The monoisotopic (exact) mass is 404 g/mol. The molecule has 4 saturated carbocycles. The molecule has 2 nitrogen and oxygen atoms in total. The average molecular weight is 405 g/mol. The minimum atomic E-state index is -0.623. The van der Waals surface area contributed by atoms with Gasteiger partial charge >= 0.3 is 0 Å². The minimum Gasteiger partial charge on any atom is -0.393 e. The number of aliphatic hydroxyl groups is 2. The van der Waals surface area contributed by atoms with Gasteiger partial charge < -0.3 is 10.2 Å². The topological polar surface area (TPSA) is 40.5 Å². The van der Waals surface area contributed by atoms with E-state index in [0.717, 1.165) is 48.9 Å². The Balaban J connectivity index is 1.49. The van der Waals surface area contributed by atoms with Crippen LogP contribution < -0.4 is 0 Å². The normalized spacial score (nSPS) is 50.7. The lowest BCUT2D eigenvalue weighted by atomic mass is 9.43. The van der Waals surface area contributed by atoms with Crippen LogP contribution in [0.5, 0.6) is 0 Å². The second kappa shape index (κ2) is 7.80. The molecular formula is C27H48O2. The largest absolute Gasteiger partial charge is 0.393 e. The van der Waals surface area contributed by atoms with Gasteiger partial charge in [0.1, 0.15) is 0 Å². The summed E-state index contributed by atoms with van der Waals surface area (Å²) in [6.07, 6.45) is 14.1. The average Bonchev–Trinajstić information content (AvgIpc) is 2.99. The fourth-order valence-corrected chi connectivity index (χ4v) is 9.25. The maximum atomic E-state index is 11.6. The molecule has 0 heterocycles. The van der Waals surface area contributed by atoms with Crippen molar-refractivity contribution in [3.05, 3.63) is 0 Å².